The van der Waals surface area contributed by atoms with Crippen molar-refractivity contribution >= 4 is 5.78 Å². The molecule has 0 aromatic carbocycles. The Morgan fingerprint density at radius 1 is 1.45 bits per heavy atom. The largest absolute Gasteiger partial charge is 0.368 e. The zero-order chi connectivity index (χ0) is 7.68. The van der Waals surface area contributed by atoms with E-state index in [9.17, 15) is 4.79 Å². The van der Waals surface area contributed by atoms with Crippen molar-refractivity contribution in [2.75, 3.05) is 19.7 Å². The zero-order valence-electron chi connectivity index (χ0n) is 6.51. The summed E-state index contributed by atoms with van der Waals surface area (Å²) in [4.78, 5) is 11.4. The molecule has 3 heteroatoms. The second-order valence-corrected chi connectivity index (χ2v) is 3.24. The molecule has 0 aromatic rings. The first-order valence-electron chi connectivity index (χ1n) is 4.24. The van der Waals surface area contributed by atoms with E-state index in [-0.39, 0.29) is 6.10 Å². The summed E-state index contributed by atoms with van der Waals surface area (Å²) in [6, 6.07) is 0. The zero-order valence-corrected chi connectivity index (χ0v) is 6.51. The van der Waals surface area contributed by atoms with E-state index < -0.39 is 0 Å². The van der Waals surface area contributed by atoms with Crippen LogP contribution in [-0.4, -0.2) is 31.6 Å². The van der Waals surface area contributed by atoms with Crippen molar-refractivity contribution in [2.24, 2.45) is 5.92 Å². The van der Waals surface area contributed by atoms with Crippen LogP contribution in [0.15, 0.2) is 0 Å². The number of ketones is 1. The van der Waals surface area contributed by atoms with Gasteiger partial charge in [-0.2, -0.15) is 0 Å². The lowest BCUT2D eigenvalue weighted by Crippen LogP contribution is -2.43. The summed E-state index contributed by atoms with van der Waals surface area (Å²) < 4.78 is 5.33. The molecular formula is C8H13NO2. The van der Waals surface area contributed by atoms with Gasteiger partial charge in [-0.05, 0) is 12.8 Å². The second-order valence-electron chi connectivity index (χ2n) is 3.24. The summed E-state index contributed by atoms with van der Waals surface area (Å²) >= 11 is 0. The molecule has 0 spiro atoms. The lowest BCUT2D eigenvalue weighted by Gasteiger charge is -2.22. The maximum absolute atomic E-state index is 11.4. The maximum atomic E-state index is 11.4. The monoisotopic (exact) mass is 155 g/mol. The Bertz CT molecular complexity index is 159. The van der Waals surface area contributed by atoms with Crippen LogP contribution in [0.1, 0.15) is 12.8 Å². The van der Waals surface area contributed by atoms with Gasteiger partial charge in [0.2, 0.25) is 0 Å². The van der Waals surface area contributed by atoms with E-state index in [1.807, 2.05) is 0 Å². The molecule has 1 heterocycles. The number of ether oxygens (including phenoxy) is 1. The predicted octanol–water partition coefficient (Wildman–Crippen LogP) is -0.0461. The van der Waals surface area contributed by atoms with E-state index in [4.69, 9.17) is 4.74 Å². The van der Waals surface area contributed by atoms with Gasteiger partial charge in [0.05, 0.1) is 6.61 Å². The van der Waals surface area contributed by atoms with E-state index in [2.05, 4.69) is 5.32 Å². The van der Waals surface area contributed by atoms with Gasteiger partial charge in [-0.1, -0.05) is 0 Å². The minimum absolute atomic E-state index is 0.142. The van der Waals surface area contributed by atoms with Crippen molar-refractivity contribution < 1.29 is 9.53 Å². The summed E-state index contributed by atoms with van der Waals surface area (Å²) in [5, 5.41) is 3.15. The van der Waals surface area contributed by atoms with Crippen molar-refractivity contribution in [1.29, 1.82) is 0 Å². The van der Waals surface area contributed by atoms with Crippen LogP contribution in [0.25, 0.3) is 0 Å². The molecule has 1 aliphatic heterocycles. The molecule has 1 saturated carbocycles. The third kappa shape index (κ3) is 1.60. The van der Waals surface area contributed by atoms with Gasteiger partial charge >= 0.3 is 0 Å². The number of nitrogens with one attached hydrogen (secondary N) is 1. The number of hydrogen-bond donors (Lipinski definition) is 1. The average molecular weight is 155 g/mol. The first kappa shape index (κ1) is 7.25. The molecule has 3 nitrogen and oxygen atoms in total. The highest BCUT2D eigenvalue weighted by molar-refractivity contribution is 5.87. The molecule has 1 atom stereocenters. The highest BCUT2D eigenvalue weighted by atomic mass is 16.5. The summed E-state index contributed by atoms with van der Waals surface area (Å²) in [5.41, 5.74) is 0. The molecule has 1 N–H and O–H groups in total. The van der Waals surface area contributed by atoms with Gasteiger partial charge in [0.1, 0.15) is 6.10 Å². The van der Waals surface area contributed by atoms with Crippen molar-refractivity contribution in [3.8, 4) is 0 Å². The molecule has 0 amide bonds. The van der Waals surface area contributed by atoms with Crippen LogP contribution in [0.5, 0.6) is 0 Å². The third-order valence-corrected chi connectivity index (χ3v) is 2.22. The summed E-state index contributed by atoms with van der Waals surface area (Å²) in [6.45, 7) is 2.28. The van der Waals surface area contributed by atoms with Crippen LogP contribution in [0.2, 0.25) is 0 Å². The Morgan fingerprint density at radius 3 is 2.82 bits per heavy atom. The number of carbonyl (C=O) groups excluding carboxylic acids is 1. The Kier molecular flexibility index (Phi) is 1.92. The molecule has 2 aliphatic rings. The number of Topliss-reactive ketones (excluding diaryl/α,β-unsaturated/α-hetero) is 1. The van der Waals surface area contributed by atoms with Crippen LogP contribution >= 0.6 is 0 Å². The molecule has 1 saturated heterocycles. The number of hydrogen-bond acceptors (Lipinski definition) is 3. The first-order chi connectivity index (χ1) is 5.38. The highest BCUT2D eigenvalue weighted by Gasteiger charge is 2.35. The SMILES string of the molecule is O=C(C1CC1)[C@H]1CNCCO1. The number of rotatable bonds is 2. The summed E-state index contributed by atoms with van der Waals surface area (Å²) in [5.74, 6) is 0.650. The van der Waals surface area contributed by atoms with Gasteiger partial charge in [0.25, 0.3) is 0 Å². The fraction of sp³-hybridized carbons (Fsp3) is 0.875. The van der Waals surface area contributed by atoms with Crippen LogP contribution in [-0.2, 0) is 9.53 Å². The quantitative estimate of drug-likeness (QED) is 0.607. The average Bonchev–Trinajstić information content (AvgIpc) is 2.87. The minimum atomic E-state index is -0.142. The lowest BCUT2D eigenvalue weighted by atomic mass is 10.1. The van der Waals surface area contributed by atoms with Crippen LogP contribution in [0.3, 0.4) is 0 Å². The third-order valence-electron chi connectivity index (χ3n) is 2.22. The Labute approximate surface area is 66.1 Å². The number of carbonyl (C=O) groups is 1. The van der Waals surface area contributed by atoms with Crippen LogP contribution < -0.4 is 5.32 Å². The van der Waals surface area contributed by atoms with Crippen molar-refractivity contribution in [3.05, 3.63) is 0 Å². The molecule has 0 aromatic heterocycles. The van der Waals surface area contributed by atoms with E-state index in [1.165, 1.54) is 0 Å². The van der Waals surface area contributed by atoms with E-state index >= 15 is 0 Å². The molecule has 2 rings (SSSR count). The Hall–Kier alpha value is -0.410. The van der Waals surface area contributed by atoms with Gasteiger partial charge in [-0.3, -0.25) is 4.79 Å². The van der Waals surface area contributed by atoms with Crippen molar-refractivity contribution in [3.63, 3.8) is 0 Å². The van der Waals surface area contributed by atoms with Crippen molar-refractivity contribution in [2.45, 2.75) is 18.9 Å². The molecule has 62 valence electrons. The van der Waals surface area contributed by atoms with Crippen LogP contribution in [0, 0.1) is 5.92 Å². The fourth-order valence-electron chi connectivity index (χ4n) is 1.38. The molecule has 11 heavy (non-hydrogen) atoms. The predicted molar refractivity (Wildman–Crippen MR) is 40.3 cm³/mol. The standard InChI is InChI=1S/C8H13NO2/c10-8(6-1-2-6)7-5-9-3-4-11-7/h6-7,9H,1-5H2/t7-/m1/s1. The van der Waals surface area contributed by atoms with Gasteiger partial charge in [-0.25, -0.2) is 0 Å². The smallest absolute Gasteiger partial charge is 0.165 e. The van der Waals surface area contributed by atoms with Gasteiger partial charge in [-0.15, -0.1) is 0 Å². The van der Waals surface area contributed by atoms with E-state index in [1.54, 1.807) is 0 Å². The molecule has 2 fully saturated rings. The summed E-state index contributed by atoms with van der Waals surface area (Å²) in [7, 11) is 0. The lowest BCUT2D eigenvalue weighted by molar-refractivity contribution is -0.133. The topological polar surface area (TPSA) is 38.3 Å². The molecule has 0 bridgehead atoms. The van der Waals surface area contributed by atoms with E-state index in [0.29, 0.717) is 18.3 Å². The maximum Gasteiger partial charge on any atom is 0.165 e. The second kappa shape index (κ2) is 2.91. The number of morpholine rings is 1. The fourth-order valence-corrected chi connectivity index (χ4v) is 1.38. The molecule has 0 unspecified atom stereocenters. The van der Waals surface area contributed by atoms with Gasteiger partial charge in [0.15, 0.2) is 5.78 Å². The molecular weight excluding hydrogens is 142 g/mol. The summed E-state index contributed by atoms with van der Waals surface area (Å²) in [6.07, 6.45) is 2.02. The first-order valence-corrected chi connectivity index (χ1v) is 4.24. The molecule has 0 radical (unpaired) electrons. The Balaban J connectivity index is 1.86. The van der Waals surface area contributed by atoms with Gasteiger partial charge in [0, 0.05) is 19.0 Å². The molecule has 1 aliphatic carbocycles. The van der Waals surface area contributed by atoms with E-state index in [0.717, 1.165) is 25.9 Å². The Morgan fingerprint density at radius 2 is 2.27 bits per heavy atom. The minimum Gasteiger partial charge on any atom is -0.368 e. The van der Waals surface area contributed by atoms with Gasteiger partial charge < -0.3 is 10.1 Å². The highest BCUT2D eigenvalue weighted by Crippen LogP contribution is 2.31. The van der Waals surface area contributed by atoms with Crippen molar-refractivity contribution in [1.82, 2.24) is 5.32 Å². The normalized spacial score (nSPS) is 31.8. The van der Waals surface area contributed by atoms with Crippen LogP contribution in [0.4, 0.5) is 0 Å².